The minimum atomic E-state index is 0.0250. The third-order valence-electron chi connectivity index (χ3n) is 8.72. The molecule has 0 spiro atoms. The molecule has 0 fully saturated rings. The highest BCUT2D eigenvalue weighted by molar-refractivity contribution is 7.25. The van der Waals surface area contributed by atoms with Crippen LogP contribution in [-0.2, 0) is 28.1 Å². The molecule has 0 nitrogen and oxygen atoms in total. The van der Waals surface area contributed by atoms with Crippen LogP contribution in [0.2, 0.25) is 0 Å². The first-order chi connectivity index (χ1) is 18.9. The first-order valence-corrected chi connectivity index (χ1v) is 16.0. The Hall–Kier alpha value is -2.90. The van der Waals surface area contributed by atoms with Crippen LogP contribution in [-0.4, -0.2) is 0 Å². The zero-order chi connectivity index (χ0) is 30.0. The van der Waals surface area contributed by atoms with E-state index in [-0.39, 0.29) is 21.7 Å². The molecule has 0 bridgehead atoms. The highest BCUT2D eigenvalue weighted by Gasteiger charge is 2.24. The molecule has 1 heteroatoms. The van der Waals surface area contributed by atoms with Crippen LogP contribution in [0.4, 0.5) is 0 Å². The molecule has 1 aromatic heterocycles. The highest BCUT2D eigenvalue weighted by Crippen LogP contribution is 2.40. The summed E-state index contributed by atoms with van der Waals surface area (Å²) in [6.45, 7) is 25.5. The molecule has 0 aliphatic heterocycles. The first kappa shape index (κ1) is 29.6. The molecule has 41 heavy (non-hydrogen) atoms. The molecule has 0 aliphatic rings. The summed E-state index contributed by atoms with van der Waals surface area (Å²) < 4.78 is 2.76. The Balaban J connectivity index is 1.45. The quantitative estimate of drug-likeness (QED) is 0.205. The third-order valence-corrected chi connectivity index (χ3v) is 9.87. The van der Waals surface area contributed by atoms with Gasteiger partial charge in [0.15, 0.2) is 0 Å². The smallest absolute Gasteiger partial charge is 0.0355 e. The van der Waals surface area contributed by atoms with Gasteiger partial charge in [0.2, 0.25) is 0 Å². The van der Waals surface area contributed by atoms with Gasteiger partial charge in [0.05, 0.1) is 0 Å². The predicted octanol–water partition coefficient (Wildman–Crippen LogP) is 12.1. The van der Waals surface area contributed by atoms with Crippen LogP contribution in [0.5, 0.6) is 0 Å². The summed E-state index contributed by atoms with van der Waals surface area (Å²) in [7, 11) is 0. The van der Waals surface area contributed by atoms with Crippen molar-refractivity contribution in [2.75, 3.05) is 0 Å². The molecule has 5 aromatic rings. The van der Waals surface area contributed by atoms with E-state index in [2.05, 4.69) is 155 Å². The summed E-state index contributed by atoms with van der Waals surface area (Å²) in [4.78, 5) is 0. The molecule has 0 amide bonds. The van der Waals surface area contributed by atoms with Crippen LogP contribution in [0.1, 0.15) is 104 Å². The van der Waals surface area contributed by atoms with Gasteiger partial charge in [0, 0.05) is 20.2 Å². The SMILES string of the molecule is CC(C)(C)c1cc(-c2ccc(CC(C)(C)c3ccc4sc5ccc(C(C)(C)C)cc5c4c3)cc2)cc(C(C)(C)C)c1. The van der Waals surface area contributed by atoms with E-state index in [4.69, 9.17) is 0 Å². The first-order valence-electron chi connectivity index (χ1n) is 15.1. The number of hydrogen-bond acceptors (Lipinski definition) is 1. The summed E-state index contributed by atoms with van der Waals surface area (Å²) in [5.41, 5.74) is 10.00. The average molecular weight is 561 g/mol. The zero-order valence-corrected chi connectivity index (χ0v) is 27.9. The van der Waals surface area contributed by atoms with Crippen molar-refractivity contribution in [3.8, 4) is 11.1 Å². The van der Waals surface area contributed by atoms with E-state index in [0.717, 1.165) is 6.42 Å². The molecular weight excluding hydrogens is 513 g/mol. The number of hydrogen-bond donors (Lipinski definition) is 0. The van der Waals surface area contributed by atoms with E-state index in [1.165, 1.54) is 59.1 Å². The van der Waals surface area contributed by atoms with Crippen molar-refractivity contribution in [1.29, 1.82) is 0 Å². The van der Waals surface area contributed by atoms with E-state index in [9.17, 15) is 0 Å². The van der Waals surface area contributed by atoms with Crippen molar-refractivity contribution in [1.82, 2.24) is 0 Å². The van der Waals surface area contributed by atoms with E-state index < -0.39 is 0 Å². The van der Waals surface area contributed by atoms with Gasteiger partial charge in [-0.25, -0.2) is 0 Å². The monoisotopic (exact) mass is 560 g/mol. The van der Waals surface area contributed by atoms with Gasteiger partial charge in [0.1, 0.15) is 0 Å². The van der Waals surface area contributed by atoms with Gasteiger partial charge in [0.25, 0.3) is 0 Å². The average Bonchev–Trinajstić information content (AvgIpc) is 3.24. The number of fused-ring (bicyclic) bond motifs is 3. The van der Waals surface area contributed by atoms with Crippen molar-refractivity contribution in [3.63, 3.8) is 0 Å². The van der Waals surface area contributed by atoms with Gasteiger partial charge >= 0.3 is 0 Å². The summed E-state index contributed by atoms with van der Waals surface area (Å²) in [5, 5.41) is 2.79. The standard InChI is InChI=1S/C40H48S/c1-37(2,3)29-16-18-35-33(23-29)34-24-30(17-19-36(34)41-35)40(10,11)25-26-12-14-27(15-13-26)28-20-31(38(4,5)6)22-32(21-28)39(7,8)9/h12-24H,25H2,1-11H3. The maximum Gasteiger partial charge on any atom is 0.0355 e. The molecule has 0 atom stereocenters. The van der Waals surface area contributed by atoms with Crippen LogP contribution < -0.4 is 0 Å². The third kappa shape index (κ3) is 6.17. The molecule has 0 unspecified atom stereocenters. The Morgan fingerprint density at radius 2 is 0.902 bits per heavy atom. The van der Waals surface area contributed by atoms with Crippen LogP contribution in [0.25, 0.3) is 31.3 Å². The second-order valence-electron chi connectivity index (χ2n) is 15.8. The fourth-order valence-corrected chi connectivity index (χ4v) is 6.82. The normalized spacial score (nSPS) is 13.3. The summed E-state index contributed by atoms with van der Waals surface area (Å²) in [6, 6.07) is 30.7. The van der Waals surface area contributed by atoms with Gasteiger partial charge in [-0.15, -0.1) is 11.3 Å². The maximum atomic E-state index is 2.46. The van der Waals surface area contributed by atoms with Crippen molar-refractivity contribution < 1.29 is 0 Å². The molecule has 5 rings (SSSR count). The zero-order valence-electron chi connectivity index (χ0n) is 27.1. The molecule has 0 N–H and O–H groups in total. The fraction of sp³-hybridized carbons (Fsp3) is 0.400. The molecular formula is C40H48S. The molecule has 0 radical (unpaired) electrons. The van der Waals surface area contributed by atoms with Gasteiger partial charge in [-0.2, -0.15) is 0 Å². The minimum Gasteiger partial charge on any atom is -0.135 e. The predicted molar refractivity (Wildman–Crippen MR) is 184 cm³/mol. The summed E-state index contributed by atoms with van der Waals surface area (Å²) >= 11 is 1.91. The van der Waals surface area contributed by atoms with Crippen molar-refractivity contribution in [2.45, 2.75) is 104 Å². The Kier molecular flexibility index (Phi) is 7.31. The Morgan fingerprint density at radius 3 is 1.39 bits per heavy atom. The second-order valence-corrected chi connectivity index (χ2v) is 16.9. The molecule has 0 saturated carbocycles. The van der Waals surface area contributed by atoms with Crippen LogP contribution >= 0.6 is 11.3 Å². The molecule has 0 aliphatic carbocycles. The van der Waals surface area contributed by atoms with Crippen molar-refractivity contribution in [3.05, 3.63) is 107 Å². The number of rotatable bonds is 4. The lowest BCUT2D eigenvalue weighted by Crippen LogP contribution is -2.20. The second kappa shape index (κ2) is 10.1. The fourth-order valence-electron chi connectivity index (χ4n) is 5.75. The summed E-state index contributed by atoms with van der Waals surface area (Å²) in [5.74, 6) is 0. The molecule has 4 aromatic carbocycles. The molecule has 0 saturated heterocycles. The van der Waals surface area contributed by atoms with E-state index in [1.54, 1.807) is 0 Å². The number of benzene rings is 4. The van der Waals surface area contributed by atoms with Crippen LogP contribution in [0, 0.1) is 0 Å². The molecule has 1 heterocycles. The lowest BCUT2D eigenvalue weighted by atomic mass is 9.78. The van der Waals surface area contributed by atoms with Gasteiger partial charge in [-0.3, -0.25) is 0 Å². The van der Waals surface area contributed by atoms with Crippen LogP contribution in [0.3, 0.4) is 0 Å². The highest BCUT2D eigenvalue weighted by atomic mass is 32.1. The maximum absolute atomic E-state index is 2.46. The lowest BCUT2D eigenvalue weighted by Gasteiger charge is -2.27. The topological polar surface area (TPSA) is 0 Å². The van der Waals surface area contributed by atoms with E-state index >= 15 is 0 Å². The summed E-state index contributed by atoms with van der Waals surface area (Å²) in [6.07, 6.45) is 1.00. The Labute approximate surface area is 252 Å². The van der Waals surface area contributed by atoms with E-state index in [1.807, 2.05) is 11.3 Å². The molecule has 214 valence electrons. The number of thiophene rings is 1. The Morgan fingerprint density at radius 1 is 0.439 bits per heavy atom. The van der Waals surface area contributed by atoms with Crippen molar-refractivity contribution >= 4 is 31.5 Å². The Bertz CT molecular complexity index is 1670. The van der Waals surface area contributed by atoms with Crippen molar-refractivity contribution in [2.24, 2.45) is 0 Å². The largest absolute Gasteiger partial charge is 0.135 e. The minimum absolute atomic E-state index is 0.0250. The van der Waals surface area contributed by atoms with Gasteiger partial charge < -0.3 is 0 Å². The van der Waals surface area contributed by atoms with Crippen LogP contribution in [0.15, 0.2) is 78.9 Å². The van der Waals surface area contributed by atoms with Gasteiger partial charge in [-0.05, 0) is 91.3 Å². The van der Waals surface area contributed by atoms with E-state index in [0.29, 0.717) is 0 Å². The lowest BCUT2D eigenvalue weighted by molar-refractivity contribution is 0.523. The van der Waals surface area contributed by atoms with Gasteiger partial charge in [-0.1, -0.05) is 131 Å².